The normalized spacial score (nSPS) is 13.1. The number of nitrogens with zero attached hydrogens (tertiary/aromatic N) is 2. The summed E-state index contributed by atoms with van der Waals surface area (Å²) in [5.41, 5.74) is 0. The first-order chi connectivity index (χ1) is 6.59. The van der Waals surface area contributed by atoms with Gasteiger partial charge in [0.1, 0.15) is 6.04 Å². The van der Waals surface area contributed by atoms with Crippen LogP contribution in [0.25, 0.3) is 0 Å². The molecule has 1 aromatic rings. The van der Waals surface area contributed by atoms with Crippen molar-refractivity contribution in [3.05, 3.63) is 18.5 Å². The van der Waals surface area contributed by atoms with Crippen molar-refractivity contribution in [3.63, 3.8) is 0 Å². The van der Waals surface area contributed by atoms with E-state index in [4.69, 9.17) is 5.11 Å². The first-order valence-electron chi connectivity index (χ1n) is 4.56. The molecule has 1 atom stereocenters. The van der Waals surface area contributed by atoms with E-state index in [-0.39, 0.29) is 6.04 Å². The summed E-state index contributed by atoms with van der Waals surface area (Å²) in [6.45, 7) is 4.18. The molecule has 0 spiro atoms. The van der Waals surface area contributed by atoms with Gasteiger partial charge in [0.25, 0.3) is 0 Å². The fourth-order valence-electron chi connectivity index (χ4n) is 1.20. The zero-order valence-electron chi connectivity index (χ0n) is 8.34. The van der Waals surface area contributed by atoms with Crippen LogP contribution < -0.4 is 5.32 Å². The lowest BCUT2D eigenvalue weighted by atomic mass is 10.2. The minimum absolute atomic E-state index is 0.145. The number of carbonyl (C=O) groups is 1. The Kier molecular flexibility index (Phi) is 3.64. The van der Waals surface area contributed by atoms with Gasteiger partial charge in [-0.2, -0.15) is 5.10 Å². The maximum atomic E-state index is 10.9. The Labute approximate surface area is 82.7 Å². The molecule has 0 fully saturated rings. The minimum Gasteiger partial charge on any atom is -0.480 e. The SMILES string of the molecule is CC(C)NC(Cn1cccn1)C(=O)O. The average Bonchev–Trinajstić information content (AvgIpc) is 2.54. The molecule has 1 rings (SSSR count). The molecular formula is C9H15N3O2. The van der Waals surface area contributed by atoms with Gasteiger partial charge in [-0.05, 0) is 6.07 Å². The van der Waals surface area contributed by atoms with Gasteiger partial charge in [-0.25, -0.2) is 0 Å². The molecule has 0 radical (unpaired) electrons. The highest BCUT2D eigenvalue weighted by Gasteiger charge is 2.18. The fourth-order valence-corrected chi connectivity index (χ4v) is 1.20. The van der Waals surface area contributed by atoms with E-state index in [0.717, 1.165) is 0 Å². The van der Waals surface area contributed by atoms with Crippen molar-refractivity contribution < 1.29 is 9.90 Å². The zero-order valence-corrected chi connectivity index (χ0v) is 8.34. The standard InChI is InChI=1S/C9H15N3O2/c1-7(2)11-8(9(13)14)6-12-5-3-4-10-12/h3-5,7-8,11H,6H2,1-2H3,(H,13,14). The highest BCUT2D eigenvalue weighted by atomic mass is 16.4. The van der Waals surface area contributed by atoms with Crippen molar-refractivity contribution in [1.29, 1.82) is 0 Å². The van der Waals surface area contributed by atoms with Gasteiger partial charge in [-0.15, -0.1) is 0 Å². The fraction of sp³-hybridized carbons (Fsp3) is 0.556. The molecule has 0 aliphatic rings. The van der Waals surface area contributed by atoms with Crippen LogP contribution in [0.5, 0.6) is 0 Å². The van der Waals surface area contributed by atoms with Gasteiger partial charge < -0.3 is 10.4 Å². The monoisotopic (exact) mass is 197 g/mol. The van der Waals surface area contributed by atoms with E-state index >= 15 is 0 Å². The Hall–Kier alpha value is -1.36. The largest absolute Gasteiger partial charge is 0.480 e. The Morgan fingerprint density at radius 1 is 1.64 bits per heavy atom. The topological polar surface area (TPSA) is 67.2 Å². The number of nitrogens with one attached hydrogen (secondary N) is 1. The Morgan fingerprint density at radius 3 is 2.79 bits per heavy atom. The van der Waals surface area contributed by atoms with E-state index < -0.39 is 12.0 Å². The third kappa shape index (κ3) is 3.18. The number of carboxylic acids is 1. The number of hydrogen-bond acceptors (Lipinski definition) is 3. The lowest BCUT2D eigenvalue weighted by Gasteiger charge is -2.16. The van der Waals surface area contributed by atoms with Crippen molar-refractivity contribution >= 4 is 5.97 Å². The summed E-state index contributed by atoms with van der Waals surface area (Å²) in [4.78, 5) is 10.9. The van der Waals surface area contributed by atoms with E-state index in [1.54, 1.807) is 23.1 Å². The molecule has 14 heavy (non-hydrogen) atoms. The average molecular weight is 197 g/mol. The summed E-state index contributed by atoms with van der Waals surface area (Å²) in [5, 5.41) is 15.8. The van der Waals surface area contributed by atoms with E-state index in [1.807, 2.05) is 13.8 Å². The molecule has 1 aromatic heterocycles. The van der Waals surface area contributed by atoms with Crippen LogP contribution in [0.2, 0.25) is 0 Å². The third-order valence-corrected chi connectivity index (χ3v) is 1.76. The first kappa shape index (κ1) is 10.7. The molecule has 5 heteroatoms. The van der Waals surface area contributed by atoms with Crippen LogP contribution in [0.4, 0.5) is 0 Å². The van der Waals surface area contributed by atoms with Gasteiger partial charge in [-0.3, -0.25) is 9.48 Å². The molecule has 1 heterocycles. The Balaban J connectivity index is 2.56. The molecule has 0 amide bonds. The molecule has 0 bridgehead atoms. The zero-order chi connectivity index (χ0) is 10.6. The summed E-state index contributed by atoms with van der Waals surface area (Å²) >= 11 is 0. The summed E-state index contributed by atoms with van der Waals surface area (Å²) in [6, 6.07) is 1.33. The molecule has 0 aromatic carbocycles. The molecule has 5 nitrogen and oxygen atoms in total. The lowest BCUT2D eigenvalue weighted by molar-refractivity contribution is -0.140. The van der Waals surface area contributed by atoms with Crippen molar-refractivity contribution in [2.75, 3.05) is 0 Å². The molecule has 1 unspecified atom stereocenters. The van der Waals surface area contributed by atoms with E-state index in [9.17, 15) is 4.79 Å². The van der Waals surface area contributed by atoms with Crippen molar-refractivity contribution in [3.8, 4) is 0 Å². The van der Waals surface area contributed by atoms with Crippen LogP contribution in [0.1, 0.15) is 13.8 Å². The molecule has 0 saturated heterocycles. The maximum Gasteiger partial charge on any atom is 0.322 e. The maximum absolute atomic E-state index is 10.9. The number of hydrogen-bond donors (Lipinski definition) is 2. The van der Waals surface area contributed by atoms with Gasteiger partial charge in [0, 0.05) is 18.4 Å². The van der Waals surface area contributed by atoms with Crippen LogP contribution in [0, 0.1) is 0 Å². The highest BCUT2D eigenvalue weighted by Crippen LogP contribution is 1.94. The second-order valence-corrected chi connectivity index (χ2v) is 3.44. The van der Waals surface area contributed by atoms with Crippen LogP contribution >= 0.6 is 0 Å². The lowest BCUT2D eigenvalue weighted by Crippen LogP contribution is -2.43. The van der Waals surface area contributed by atoms with Crippen molar-refractivity contribution in [2.45, 2.75) is 32.5 Å². The number of aliphatic carboxylic acids is 1. The smallest absolute Gasteiger partial charge is 0.322 e. The Morgan fingerprint density at radius 2 is 2.36 bits per heavy atom. The van der Waals surface area contributed by atoms with Crippen LogP contribution in [-0.4, -0.2) is 32.9 Å². The molecule has 0 aliphatic carbocycles. The summed E-state index contributed by atoms with van der Waals surface area (Å²) in [5.74, 6) is -0.853. The highest BCUT2D eigenvalue weighted by molar-refractivity contribution is 5.73. The number of rotatable bonds is 5. The number of carboxylic acid groups (broad SMARTS) is 1. The summed E-state index contributed by atoms with van der Waals surface area (Å²) in [6.07, 6.45) is 3.38. The van der Waals surface area contributed by atoms with Gasteiger partial charge >= 0.3 is 5.97 Å². The second kappa shape index (κ2) is 4.76. The van der Waals surface area contributed by atoms with E-state index in [2.05, 4.69) is 10.4 Å². The van der Waals surface area contributed by atoms with Gasteiger partial charge in [0.2, 0.25) is 0 Å². The van der Waals surface area contributed by atoms with Gasteiger partial charge in [-0.1, -0.05) is 13.8 Å². The molecule has 78 valence electrons. The van der Waals surface area contributed by atoms with Crippen molar-refractivity contribution in [1.82, 2.24) is 15.1 Å². The van der Waals surface area contributed by atoms with Gasteiger partial charge in [0.05, 0.1) is 6.54 Å². The van der Waals surface area contributed by atoms with Crippen molar-refractivity contribution in [2.24, 2.45) is 0 Å². The van der Waals surface area contributed by atoms with Crippen LogP contribution in [0.15, 0.2) is 18.5 Å². The predicted molar refractivity (Wildman–Crippen MR) is 51.9 cm³/mol. The minimum atomic E-state index is -0.853. The third-order valence-electron chi connectivity index (χ3n) is 1.76. The predicted octanol–water partition coefficient (Wildman–Crippen LogP) is 0.334. The Bertz CT molecular complexity index is 282. The van der Waals surface area contributed by atoms with Crippen LogP contribution in [-0.2, 0) is 11.3 Å². The molecule has 0 aliphatic heterocycles. The molecule has 2 N–H and O–H groups in total. The van der Waals surface area contributed by atoms with E-state index in [1.165, 1.54) is 0 Å². The number of aromatic nitrogens is 2. The summed E-state index contributed by atoms with van der Waals surface area (Å²) < 4.78 is 1.61. The molecular weight excluding hydrogens is 182 g/mol. The van der Waals surface area contributed by atoms with E-state index in [0.29, 0.717) is 6.54 Å². The van der Waals surface area contributed by atoms with Crippen LogP contribution in [0.3, 0.4) is 0 Å². The van der Waals surface area contributed by atoms with Gasteiger partial charge in [0.15, 0.2) is 0 Å². The summed E-state index contributed by atoms with van der Waals surface area (Å²) in [7, 11) is 0. The second-order valence-electron chi connectivity index (χ2n) is 3.44. The first-order valence-corrected chi connectivity index (χ1v) is 4.56. The molecule has 0 saturated carbocycles. The quantitative estimate of drug-likeness (QED) is 0.714.